The first-order chi connectivity index (χ1) is 12.7. The Morgan fingerprint density at radius 3 is 2.48 bits per heavy atom. The van der Waals surface area contributed by atoms with E-state index in [-0.39, 0.29) is 24.3 Å². The minimum Gasteiger partial charge on any atom is -0.488 e. The predicted molar refractivity (Wildman–Crippen MR) is 114 cm³/mol. The molecular weight excluding hydrogens is 620 g/mol. The molecule has 2 N–H and O–H groups in total. The first-order valence-corrected chi connectivity index (χ1v) is 10.7. The van der Waals surface area contributed by atoms with Crippen LogP contribution in [0.3, 0.4) is 0 Å². The first kappa shape index (κ1) is 20.8. The zero-order valence-corrected chi connectivity index (χ0v) is 20.0. The summed E-state index contributed by atoms with van der Waals surface area (Å²) >= 11 is 13.5. The smallest absolute Gasteiger partial charge is 0.329 e. The van der Waals surface area contributed by atoms with Gasteiger partial charge in [0.25, 0.3) is 5.56 Å². The van der Waals surface area contributed by atoms with E-state index in [1.54, 1.807) is 0 Å². The van der Waals surface area contributed by atoms with Crippen molar-refractivity contribution in [2.75, 3.05) is 6.61 Å². The molecule has 0 aliphatic heterocycles. The van der Waals surface area contributed by atoms with Crippen LogP contribution >= 0.6 is 63.7 Å². The molecule has 1 aromatic carbocycles. The molecule has 3 aromatic rings. The number of rotatable bonds is 5. The van der Waals surface area contributed by atoms with Crippen molar-refractivity contribution >= 4 is 74.9 Å². The first-order valence-electron chi connectivity index (χ1n) is 7.49. The van der Waals surface area contributed by atoms with Gasteiger partial charge < -0.3 is 14.4 Å². The van der Waals surface area contributed by atoms with Crippen molar-refractivity contribution in [3.8, 4) is 5.75 Å². The third kappa shape index (κ3) is 4.24. The van der Waals surface area contributed by atoms with E-state index in [0.29, 0.717) is 10.5 Å². The Morgan fingerprint density at radius 2 is 1.85 bits per heavy atom. The maximum absolute atomic E-state index is 12.2. The fourth-order valence-electron chi connectivity index (χ4n) is 2.48. The molecule has 0 unspecified atom stereocenters. The second-order valence-electron chi connectivity index (χ2n) is 5.65. The number of aromatic amines is 1. The molecular formula is C15H12Br4N4O4. The topological polar surface area (TPSA) is 102 Å². The minimum absolute atomic E-state index is 0.0192. The molecule has 2 heterocycles. The van der Waals surface area contributed by atoms with Crippen LogP contribution in [0.4, 0.5) is 0 Å². The molecule has 8 nitrogen and oxygen atoms in total. The second-order valence-corrected chi connectivity index (χ2v) is 8.98. The van der Waals surface area contributed by atoms with Crippen LogP contribution in [-0.4, -0.2) is 36.9 Å². The van der Waals surface area contributed by atoms with Crippen molar-refractivity contribution in [3.05, 3.63) is 51.1 Å². The van der Waals surface area contributed by atoms with E-state index in [1.165, 1.54) is 16.2 Å². The van der Waals surface area contributed by atoms with Crippen molar-refractivity contribution in [2.45, 2.75) is 12.6 Å². The van der Waals surface area contributed by atoms with Gasteiger partial charge in [-0.15, -0.1) is 0 Å². The quantitative estimate of drug-likeness (QED) is 0.422. The molecule has 0 saturated carbocycles. The number of aromatic nitrogens is 4. The Bertz CT molecular complexity index is 1110. The van der Waals surface area contributed by atoms with Crippen LogP contribution in [0.15, 0.2) is 39.9 Å². The van der Waals surface area contributed by atoms with E-state index in [0.717, 1.165) is 13.4 Å². The van der Waals surface area contributed by atoms with Crippen LogP contribution in [0.25, 0.3) is 11.2 Å². The summed E-state index contributed by atoms with van der Waals surface area (Å²) in [4.78, 5) is 30.3. The monoisotopic (exact) mass is 628 g/mol. The molecule has 1 atom stereocenters. The fraction of sp³-hybridized carbons (Fsp3) is 0.267. The van der Waals surface area contributed by atoms with Gasteiger partial charge >= 0.3 is 5.69 Å². The van der Waals surface area contributed by atoms with Crippen LogP contribution in [0.2, 0.25) is 0 Å². The number of H-pyrrole nitrogens is 1. The summed E-state index contributed by atoms with van der Waals surface area (Å²) in [5, 5.41) is 10.4. The van der Waals surface area contributed by atoms with Gasteiger partial charge in [0.1, 0.15) is 18.5 Å². The SMILES string of the molecule is Cn1c(=O)[nH]c(=O)c2c1nc(Br)n2C[C@@H](O)COc1c(Br)cc(Br)cc1Br. The van der Waals surface area contributed by atoms with E-state index in [2.05, 4.69) is 73.7 Å². The summed E-state index contributed by atoms with van der Waals surface area (Å²) in [6, 6.07) is 3.65. The normalized spacial score (nSPS) is 12.5. The zero-order chi connectivity index (χ0) is 19.9. The van der Waals surface area contributed by atoms with Crippen molar-refractivity contribution in [1.82, 2.24) is 19.1 Å². The molecule has 0 amide bonds. The molecule has 0 aliphatic rings. The Hall–Kier alpha value is -0.950. The molecule has 2 aromatic heterocycles. The molecule has 0 saturated heterocycles. The number of benzene rings is 1. The maximum atomic E-state index is 12.2. The van der Waals surface area contributed by atoms with Crippen LogP contribution in [-0.2, 0) is 13.6 Å². The Balaban J connectivity index is 1.84. The summed E-state index contributed by atoms with van der Waals surface area (Å²) in [5.41, 5.74) is -0.715. The van der Waals surface area contributed by atoms with Crippen molar-refractivity contribution in [1.29, 1.82) is 0 Å². The predicted octanol–water partition coefficient (Wildman–Crippen LogP) is 2.91. The second kappa shape index (κ2) is 8.19. The van der Waals surface area contributed by atoms with Gasteiger partial charge in [0.15, 0.2) is 15.9 Å². The zero-order valence-electron chi connectivity index (χ0n) is 13.7. The van der Waals surface area contributed by atoms with Gasteiger partial charge in [-0.3, -0.25) is 14.3 Å². The van der Waals surface area contributed by atoms with Crippen LogP contribution in [0.5, 0.6) is 5.75 Å². The van der Waals surface area contributed by atoms with Gasteiger partial charge in [0.2, 0.25) is 0 Å². The van der Waals surface area contributed by atoms with E-state index >= 15 is 0 Å². The lowest BCUT2D eigenvalue weighted by Crippen LogP contribution is -2.30. The number of ether oxygens (including phenoxy) is 1. The van der Waals surface area contributed by atoms with Crippen LogP contribution in [0, 0.1) is 0 Å². The van der Waals surface area contributed by atoms with E-state index in [1.807, 2.05) is 12.1 Å². The number of hydrogen-bond acceptors (Lipinski definition) is 5. The number of nitrogens with zero attached hydrogens (tertiary/aromatic N) is 3. The van der Waals surface area contributed by atoms with Gasteiger partial charge in [-0.25, -0.2) is 9.78 Å². The van der Waals surface area contributed by atoms with Gasteiger partial charge in [0.05, 0.1) is 15.5 Å². The number of imidazole rings is 1. The molecule has 0 spiro atoms. The highest BCUT2D eigenvalue weighted by Crippen LogP contribution is 2.36. The lowest BCUT2D eigenvalue weighted by molar-refractivity contribution is 0.0921. The number of aliphatic hydroxyl groups excluding tert-OH is 1. The van der Waals surface area contributed by atoms with Gasteiger partial charge in [-0.1, -0.05) is 15.9 Å². The van der Waals surface area contributed by atoms with Gasteiger partial charge in [-0.2, -0.15) is 0 Å². The summed E-state index contributed by atoms with van der Waals surface area (Å²) in [7, 11) is 1.51. The summed E-state index contributed by atoms with van der Waals surface area (Å²) in [6.45, 7) is 0.0265. The number of halogens is 4. The lowest BCUT2D eigenvalue weighted by atomic mass is 10.3. The highest BCUT2D eigenvalue weighted by atomic mass is 79.9. The molecule has 0 bridgehead atoms. The number of aryl methyl sites for hydroxylation is 1. The van der Waals surface area contributed by atoms with E-state index in [9.17, 15) is 14.7 Å². The molecule has 144 valence electrons. The Kier molecular flexibility index (Phi) is 6.31. The average Bonchev–Trinajstić information content (AvgIpc) is 2.89. The number of aliphatic hydroxyl groups is 1. The van der Waals surface area contributed by atoms with Crippen LogP contribution in [0.1, 0.15) is 0 Å². The van der Waals surface area contributed by atoms with Gasteiger partial charge in [0, 0.05) is 11.5 Å². The molecule has 3 rings (SSSR count). The standard InChI is InChI=1S/C15H12Br4N4O4/c1-22-12-10(13(25)21-15(22)26)23(14(19)20-12)4-7(24)5-27-11-8(17)2-6(16)3-9(11)18/h2-3,7,24H,4-5H2,1H3,(H,21,25,26)/t7-/m1/s1. The molecule has 12 heteroatoms. The molecule has 0 radical (unpaired) electrons. The largest absolute Gasteiger partial charge is 0.488 e. The molecule has 0 fully saturated rings. The Morgan fingerprint density at radius 1 is 1.22 bits per heavy atom. The molecule has 27 heavy (non-hydrogen) atoms. The number of fused-ring (bicyclic) bond motifs is 1. The lowest BCUT2D eigenvalue weighted by Gasteiger charge is -2.16. The number of nitrogens with one attached hydrogen (secondary N) is 1. The maximum Gasteiger partial charge on any atom is 0.329 e. The highest BCUT2D eigenvalue weighted by Gasteiger charge is 2.19. The highest BCUT2D eigenvalue weighted by molar-refractivity contribution is 9.11. The van der Waals surface area contributed by atoms with E-state index in [4.69, 9.17) is 4.74 Å². The third-order valence-electron chi connectivity index (χ3n) is 3.74. The number of hydrogen-bond donors (Lipinski definition) is 2. The fourth-order valence-corrected chi connectivity index (χ4v) is 5.46. The van der Waals surface area contributed by atoms with E-state index < -0.39 is 17.4 Å². The summed E-state index contributed by atoms with van der Waals surface area (Å²) in [6.07, 6.45) is -0.933. The molecule has 0 aliphatic carbocycles. The van der Waals surface area contributed by atoms with Crippen molar-refractivity contribution in [3.63, 3.8) is 0 Å². The van der Waals surface area contributed by atoms with Crippen molar-refractivity contribution < 1.29 is 9.84 Å². The van der Waals surface area contributed by atoms with Crippen molar-refractivity contribution in [2.24, 2.45) is 7.05 Å². The third-order valence-corrected chi connectivity index (χ3v) is 5.98. The minimum atomic E-state index is -0.933. The van der Waals surface area contributed by atoms with Crippen LogP contribution < -0.4 is 16.0 Å². The average molecular weight is 632 g/mol. The summed E-state index contributed by atoms with van der Waals surface area (Å²) < 4.78 is 11.1. The van der Waals surface area contributed by atoms with Gasteiger partial charge in [-0.05, 0) is 59.9 Å². The summed E-state index contributed by atoms with van der Waals surface area (Å²) in [5.74, 6) is 0.548. The Labute approximate surface area is 186 Å².